The molecule has 1 aliphatic rings. The van der Waals surface area contributed by atoms with Crippen LogP contribution in [0.25, 0.3) is 0 Å². The molecule has 4 nitrogen and oxygen atoms in total. The molecule has 23 heavy (non-hydrogen) atoms. The van der Waals surface area contributed by atoms with Crippen LogP contribution in [0.15, 0.2) is 59.6 Å². The topological polar surface area (TPSA) is 45.6 Å². The molecule has 122 valence electrons. The number of ether oxygens (including phenoxy) is 1. The van der Waals surface area contributed by atoms with Crippen LogP contribution >= 0.6 is 24.0 Å². The van der Waals surface area contributed by atoms with Gasteiger partial charge in [-0.25, -0.2) is 0 Å². The highest BCUT2D eigenvalue weighted by molar-refractivity contribution is 14.0. The van der Waals surface area contributed by atoms with Crippen LogP contribution in [-0.4, -0.2) is 19.0 Å². The van der Waals surface area contributed by atoms with Gasteiger partial charge in [0.25, 0.3) is 0 Å². The molecule has 1 heterocycles. The minimum atomic E-state index is 0. The number of hydrogen-bond acceptors (Lipinski definition) is 4. The average molecular weight is 423 g/mol. The van der Waals surface area contributed by atoms with Crippen LogP contribution in [0.5, 0.6) is 5.75 Å². The first-order valence-electron chi connectivity index (χ1n) is 7.68. The van der Waals surface area contributed by atoms with Crippen LogP contribution in [0, 0.1) is 0 Å². The van der Waals surface area contributed by atoms with Crippen molar-refractivity contribution in [1.29, 1.82) is 0 Å². The molecule has 2 aromatic carbocycles. The zero-order chi connectivity index (χ0) is 15.0. The van der Waals surface area contributed by atoms with E-state index >= 15 is 0 Å². The molecule has 0 unspecified atom stereocenters. The van der Waals surface area contributed by atoms with Gasteiger partial charge >= 0.3 is 0 Å². The lowest BCUT2D eigenvalue weighted by Gasteiger charge is -2.16. The monoisotopic (exact) mass is 423 g/mol. The highest BCUT2D eigenvalue weighted by Crippen LogP contribution is 2.14. The third-order valence-corrected chi connectivity index (χ3v) is 3.53. The Kier molecular flexibility index (Phi) is 7.19. The summed E-state index contributed by atoms with van der Waals surface area (Å²) in [5, 5.41) is 6.57. The lowest BCUT2D eigenvalue weighted by atomic mass is 10.2. The number of nitrogens with zero attached hydrogens (tertiary/aromatic N) is 1. The molecule has 0 bridgehead atoms. The quantitative estimate of drug-likeness (QED) is 0.726. The predicted molar refractivity (Wildman–Crippen MR) is 104 cm³/mol. The Hall–Kier alpha value is -1.76. The van der Waals surface area contributed by atoms with Crippen molar-refractivity contribution < 1.29 is 4.74 Å². The Bertz CT molecular complexity index is 614. The summed E-state index contributed by atoms with van der Waals surface area (Å²) in [6, 6.07) is 18.4. The molecule has 0 spiro atoms. The zero-order valence-electron chi connectivity index (χ0n) is 13.0. The van der Waals surface area contributed by atoms with Gasteiger partial charge < -0.3 is 15.4 Å². The summed E-state index contributed by atoms with van der Waals surface area (Å²) in [5.74, 6) is 1.79. The predicted octanol–water partition coefficient (Wildman–Crippen LogP) is 3.32. The summed E-state index contributed by atoms with van der Waals surface area (Å²) >= 11 is 0. The number of rotatable bonds is 5. The summed E-state index contributed by atoms with van der Waals surface area (Å²) in [7, 11) is 0. The van der Waals surface area contributed by atoms with E-state index in [0.717, 1.165) is 37.8 Å². The van der Waals surface area contributed by atoms with Crippen molar-refractivity contribution in [3.8, 4) is 5.75 Å². The van der Waals surface area contributed by atoms with Crippen molar-refractivity contribution >= 4 is 29.9 Å². The van der Waals surface area contributed by atoms with Crippen LogP contribution < -0.4 is 15.4 Å². The average Bonchev–Trinajstić information content (AvgIpc) is 2.61. The van der Waals surface area contributed by atoms with Gasteiger partial charge in [-0.15, -0.1) is 24.0 Å². The van der Waals surface area contributed by atoms with Gasteiger partial charge in [-0.05, 0) is 29.7 Å². The number of guanidine groups is 1. The van der Waals surface area contributed by atoms with Crippen LogP contribution in [0.3, 0.4) is 0 Å². The smallest absolute Gasteiger partial charge is 0.191 e. The second kappa shape index (κ2) is 9.39. The minimum absolute atomic E-state index is 0. The Balaban J connectivity index is 0.00000192. The summed E-state index contributed by atoms with van der Waals surface area (Å²) in [4.78, 5) is 4.39. The zero-order valence-corrected chi connectivity index (χ0v) is 15.3. The van der Waals surface area contributed by atoms with E-state index in [9.17, 15) is 0 Å². The summed E-state index contributed by atoms with van der Waals surface area (Å²) in [5.41, 5.74) is 2.39. The molecule has 0 aromatic heterocycles. The molecule has 2 N–H and O–H groups in total. The number of nitrogens with one attached hydrogen (secondary N) is 2. The van der Waals surface area contributed by atoms with Gasteiger partial charge in [-0.2, -0.15) is 0 Å². The molecule has 2 aromatic rings. The summed E-state index contributed by atoms with van der Waals surface area (Å²) in [6.45, 7) is 3.27. The maximum absolute atomic E-state index is 5.79. The Labute approximate surface area is 154 Å². The van der Waals surface area contributed by atoms with Gasteiger partial charge in [0.1, 0.15) is 12.4 Å². The largest absolute Gasteiger partial charge is 0.489 e. The fraction of sp³-hybridized carbons (Fsp3) is 0.278. The maximum atomic E-state index is 5.79. The van der Waals surface area contributed by atoms with Crippen LogP contribution in [-0.2, 0) is 13.2 Å². The molecule has 0 fully saturated rings. The Morgan fingerprint density at radius 2 is 1.78 bits per heavy atom. The third-order valence-electron chi connectivity index (χ3n) is 3.53. The Morgan fingerprint density at radius 1 is 1.00 bits per heavy atom. The van der Waals surface area contributed by atoms with E-state index in [4.69, 9.17) is 4.74 Å². The Morgan fingerprint density at radius 3 is 2.48 bits per heavy atom. The normalized spacial score (nSPS) is 13.3. The summed E-state index contributed by atoms with van der Waals surface area (Å²) in [6.07, 6.45) is 1.11. The molecular weight excluding hydrogens is 401 g/mol. The maximum Gasteiger partial charge on any atom is 0.191 e. The van der Waals surface area contributed by atoms with Crippen molar-refractivity contribution in [1.82, 2.24) is 10.6 Å². The molecule has 3 rings (SSSR count). The van der Waals surface area contributed by atoms with Crippen LogP contribution in [0.2, 0.25) is 0 Å². The van der Waals surface area contributed by atoms with Gasteiger partial charge in [0.15, 0.2) is 5.96 Å². The number of aliphatic imine (C=N–C) groups is 1. The lowest BCUT2D eigenvalue weighted by molar-refractivity contribution is 0.306. The molecule has 0 radical (unpaired) electrons. The molecule has 0 atom stereocenters. The van der Waals surface area contributed by atoms with Crippen LogP contribution in [0.1, 0.15) is 17.5 Å². The van der Waals surface area contributed by atoms with Crippen LogP contribution in [0.4, 0.5) is 0 Å². The molecule has 5 heteroatoms. The van der Waals surface area contributed by atoms with Crippen molar-refractivity contribution in [2.75, 3.05) is 13.1 Å². The molecular formula is C18H22IN3O. The molecule has 0 saturated heterocycles. The second-order valence-corrected chi connectivity index (χ2v) is 5.28. The number of hydrogen-bond donors (Lipinski definition) is 2. The minimum Gasteiger partial charge on any atom is -0.489 e. The van der Waals surface area contributed by atoms with E-state index in [0.29, 0.717) is 6.61 Å². The van der Waals surface area contributed by atoms with Gasteiger partial charge in [0.05, 0.1) is 0 Å². The fourth-order valence-corrected chi connectivity index (χ4v) is 2.28. The van der Waals surface area contributed by atoms with Crippen molar-refractivity contribution in [2.45, 2.75) is 19.6 Å². The van der Waals surface area contributed by atoms with E-state index in [2.05, 4.69) is 39.9 Å². The second-order valence-electron chi connectivity index (χ2n) is 5.28. The van der Waals surface area contributed by atoms with E-state index in [-0.39, 0.29) is 24.0 Å². The SMILES string of the molecule is I.c1ccc(COc2ccc(CNC3=NCCCN3)cc2)cc1. The van der Waals surface area contributed by atoms with Crippen molar-refractivity contribution in [2.24, 2.45) is 4.99 Å². The molecule has 0 aliphatic carbocycles. The van der Waals surface area contributed by atoms with E-state index in [1.54, 1.807) is 0 Å². The van der Waals surface area contributed by atoms with Gasteiger partial charge in [-0.1, -0.05) is 42.5 Å². The highest BCUT2D eigenvalue weighted by Gasteiger charge is 2.03. The number of halogens is 1. The molecule has 1 aliphatic heterocycles. The highest BCUT2D eigenvalue weighted by atomic mass is 127. The third kappa shape index (κ3) is 5.74. The first-order chi connectivity index (χ1) is 10.9. The fourth-order valence-electron chi connectivity index (χ4n) is 2.28. The van der Waals surface area contributed by atoms with Gasteiger partial charge in [-0.3, -0.25) is 4.99 Å². The lowest BCUT2D eigenvalue weighted by Crippen LogP contribution is -2.40. The van der Waals surface area contributed by atoms with Crippen molar-refractivity contribution in [3.05, 3.63) is 65.7 Å². The van der Waals surface area contributed by atoms with Gasteiger partial charge in [0.2, 0.25) is 0 Å². The van der Waals surface area contributed by atoms with E-state index < -0.39 is 0 Å². The van der Waals surface area contributed by atoms with E-state index in [1.807, 2.05) is 30.3 Å². The van der Waals surface area contributed by atoms with Gasteiger partial charge in [0, 0.05) is 19.6 Å². The van der Waals surface area contributed by atoms with E-state index in [1.165, 1.54) is 11.1 Å². The van der Waals surface area contributed by atoms with Crippen molar-refractivity contribution in [3.63, 3.8) is 0 Å². The first kappa shape index (κ1) is 17.6. The summed E-state index contributed by atoms with van der Waals surface area (Å²) < 4.78 is 5.79. The standard InChI is InChI=1S/C18H21N3O.HI/c1-2-5-16(6-3-1)14-22-17-9-7-15(8-10-17)13-21-18-19-11-4-12-20-18;/h1-3,5-10H,4,11-14H2,(H2,19,20,21);1H. The number of benzene rings is 2. The first-order valence-corrected chi connectivity index (χ1v) is 7.68. The molecule has 0 amide bonds. The molecule has 0 saturated carbocycles.